The van der Waals surface area contributed by atoms with Gasteiger partial charge in [0.05, 0.1) is 25.8 Å². The third kappa shape index (κ3) is 4.70. The molecule has 1 N–H and O–H groups in total. The van der Waals surface area contributed by atoms with Gasteiger partial charge in [0.1, 0.15) is 5.82 Å². The number of nitrogens with zero attached hydrogens (tertiary/aromatic N) is 1. The van der Waals surface area contributed by atoms with Crippen molar-refractivity contribution in [3.63, 3.8) is 0 Å². The minimum atomic E-state index is -0.276. The van der Waals surface area contributed by atoms with Gasteiger partial charge >= 0.3 is 0 Å². The minimum absolute atomic E-state index is 0.0249. The smallest absolute Gasteiger partial charge is 0.234 e. The topological polar surface area (TPSA) is 50.8 Å². The zero-order valence-corrected chi connectivity index (χ0v) is 16.7. The molecule has 2 atom stereocenters. The minimum Gasteiger partial charge on any atom is -0.490 e. The highest BCUT2D eigenvalue weighted by Crippen LogP contribution is 2.37. The van der Waals surface area contributed by atoms with Gasteiger partial charge in [-0.05, 0) is 61.7 Å². The van der Waals surface area contributed by atoms with Crippen molar-refractivity contribution in [2.24, 2.45) is 0 Å². The molecule has 4 rings (SSSR count). The number of nitrogens with one attached hydrogen (secondary N) is 1. The van der Waals surface area contributed by atoms with Crippen LogP contribution in [0.15, 0.2) is 42.5 Å². The van der Waals surface area contributed by atoms with Crippen LogP contribution in [0.4, 0.5) is 4.39 Å². The largest absolute Gasteiger partial charge is 0.490 e. The van der Waals surface area contributed by atoms with E-state index in [0.717, 1.165) is 48.4 Å². The van der Waals surface area contributed by atoms with Crippen LogP contribution in [0, 0.1) is 5.82 Å². The maximum atomic E-state index is 13.1. The van der Waals surface area contributed by atoms with E-state index in [1.54, 1.807) is 12.1 Å². The molecule has 0 aromatic heterocycles. The molecular weight excluding hydrogens is 371 g/mol. The van der Waals surface area contributed by atoms with E-state index < -0.39 is 0 Å². The highest BCUT2D eigenvalue weighted by Gasteiger charge is 2.29. The molecule has 29 heavy (non-hydrogen) atoms. The second-order valence-electron chi connectivity index (χ2n) is 7.73. The van der Waals surface area contributed by atoms with Gasteiger partial charge in [0.25, 0.3) is 0 Å². The van der Waals surface area contributed by atoms with Crippen molar-refractivity contribution in [2.45, 2.75) is 38.3 Å². The van der Waals surface area contributed by atoms with Crippen molar-refractivity contribution in [1.82, 2.24) is 10.2 Å². The summed E-state index contributed by atoms with van der Waals surface area (Å²) in [4.78, 5) is 14.8. The fraction of sp³-hybridized carbons (Fsp3) is 0.435. The van der Waals surface area contributed by atoms with E-state index in [2.05, 4.69) is 22.3 Å². The standard InChI is InChI=1S/C23H27FN2O3/c1-16(17-5-8-19(24)9-6-17)25-23(27)15-26-11-2-4-20(26)18-7-10-21-22(14-18)29-13-3-12-28-21/h5-10,14,16,20H,2-4,11-13,15H2,1H3,(H,25,27)/t16-,20+/m1/s1. The Morgan fingerprint density at radius 1 is 1.14 bits per heavy atom. The molecule has 0 aliphatic carbocycles. The molecule has 2 aromatic rings. The van der Waals surface area contributed by atoms with Gasteiger partial charge in [-0.1, -0.05) is 18.2 Å². The SMILES string of the molecule is C[C@@H](NC(=O)CN1CCC[C@H]1c1ccc2c(c1)OCCCO2)c1ccc(F)cc1. The second kappa shape index (κ2) is 8.82. The van der Waals surface area contributed by atoms with Crippen LogP contribution >= 0.6 is 0 Å². The normalized spacial score (nSPS) is 20.1. The Morgan fingerprint density at radius 3 is 2.69 bits per heavy atom. The molecule has 2 aliphatic rings. The predicted molar refractivity (Wildman–Crippen MR) is 109 cm³/mol. The Labute approximate surface area is 170 Å². The summed E-state index contributed by atoms with van der Waals surface area (Å²) >= 11 is 0. The van der Waals surface area contributed by atoms with Crippen molar-refractivity contribution < 1.29 is 18.7 Å². The average Bonchev–Trinajstić information content (AvgIpc) is 3.03. The predicted octanol–water partition coefficient (Wildman–Crippen LogP) is 4.00. The summed E-state index contributed by atoms with van der Waals surface area (Å²) in [5.74, 6) is 1.29. The van der Waals surface area contributed by atoms with Gasteiger partial charge in [0.2, 0.25) is 5.91 Å². The monoisotopic (exact) mass is 398 g/mol. The van der Waals surface area contributed by atoms with E-state index in [0.29, 0.717) is 19.8 Å². The Hall–Kier alpha value is -2.60. The van der Waals surface area contributed by atoms with Crippen molar-refractivity contribution in [1.29, 1.82) is 0 Å². The zero-order valence-electron chi connectivity index (χ0n) is 16.7. The number of hydrogen-bond acceptors (Lipinski definition) is 4. The third-order valence-electron chi connectivity index (χ3n) is 5.61. The number of hydrogen-bond donors (Lipinski definition) is 1. The molecule has 1 saturated heterocycles. The van der Waals surface area contributed by atoms with Crippen LogP contribution in [0.1, 0.15) is 49.4 Å². The lowest BCUT2D eigenvalue weighted by atomic mass is 10.0. The third-order valence-corrected chi connectivity index (χ3v) is 5.61. The van der Waals surface area contributed by atoms with Gasteiger partial charge < -0.3 is 14.8 Å². The summed E-state index contributed by atoms with van der Waals surface area (Å²) in [6, 6.07) is 12.4. The molecule has 6 heteroatoms. The molecule has 0 bridgehead atoms. The molecule has 1 fully saturated rings. The second-order valence-corrected chi connectivity index (χ2v) is 7.73. The van der Waals surface area contributed by atoms with Crippen LogP contribution in [0.5, 0.6) is 11.5 Å². The van der Waals surface area contributed by atoms with Gasteiger partial charge in [0.15, 0.2) is 11.5 Å². The van der Waals surface area contributed by atoms with Crippen molar-refractivity contribution >= 4 is 5.91 Å². The molecule has 2 aliphatic heterocycles. The van der Waals surface area contributed by atoms with Crippen molar-refractivity contribution in [2.75, 3.05) is 26.3 Å². The van der Waals surface area contributed by atoms with E-state index in [1.165, 1.54) is 12.1 Å². The molecule has 0 unspecified atom stereocenters. The lowest BCUT2D eigenvalue weighted by Gasteiger charge is -2.25. The molecular formula is C23H27FN2O3. The first-order chi connectivity index (χ1) is 14.1. The summed E-state index contributed by atoms with van der Waals surface area (Å²) < 4.78 is 24.7. The van der Waals surface area contributed by atoms with E-state index in [9.17, 15) is 9.18 Å². The summed E-state index contributed by atoms with van der Waals surface area (Å²) in [5.41, 5.74) is 2.05. The zero-order chi connectivity index (χ0) is 20.2. The highest BCUT2D eigenvalue weighted by molar-refractivity contribution is 5.78. The maximum Gasteiger partial charge on any atom is 0.234 e. The maximum absolute atomic E-state index is 13.1. The molecule has 5 nitrogen and oxygen atoms in total. The van der Waals surface area contributed by atoms with E-state index >= 15 is 0 Å². The first-order valence-corrected chi connectivity index (χ1v) is 10.3. The van der Waals surface area contributed by atoms with Crippen molar-refractivity contribution in [3.05, 3.63) is 59.4 Å². The van der Waals surface area contributed by atoms with Gasteiger partial charge in [0, 0.05) is 12.5 Å². The van der Waals surface area contributed by atoms with Gasteiger partial charge in [-0.25, -0.2) is 4.39 Å². The fourth-order valence-electron chi connectivity index (χ4n) is 4.09. The van der Waals surface area contributed by atoms with Crippen LogP contribution in [0.3, 0.4) is 0 Å². The lowest BCUT2D eigenvalue weighted by molar-refractivity contribution is -0.123. The molecule has 1 amide bonds. The summed E-state index contributed by atoms with van der Waals surface area (Å²) in [5, 5.41) is 3.02. The van der Waals surface area contributed by atoms with Crippen LogP contribution in [-0.2, 0) is 4.79 Å². The number of amides is 1. The van der Waals surface area contributed by atoms with Crippen LogP contribution in [0.25, 0.3) is 0 Å². The molecule has 2 aromatic carbocycles. The number of likely N-dealkylation sites (tertiary alicyclic amines) is 1. The van der Waals surface area contributed by atoms with E-state index in [4.69, 9.17) is 9.47 Å². The van der Waals surface area contributed by atoms with Crippen LogP contribution in [0.2, 0.25) is 0 Å². The molecule has 154 valence electrons. The lowest BCUT2D eigenvalue weighted by Crippen LogP contribution is -2.38. The Balaban J connectivity index is 1.40. The molecule has 0 saturated carbocycles. The average molecular weight is 398 g/mol. The Kier molecular flexibility index (Phi) is 6.00. The summed E-state index contributed by atoms with van der Waals surface area (Å²) in [6.07, 6.45) is 2.95. The van der Waals surface area contributed by atoms with E-state index in [-0.39, 0.29) is 23.8 Å². The molecule has 0 radical (unpaired) electrons. The first-order valence-electron chi connectivity index (χ1n) is 10.3. The number of carbonyl (C=O) groups is 1. The molecule has 0 spiro atoms. The number of rotatable bonds is 5. The number of benzene rings is 2. The number of carbonyl (C=O) groups excluding carboxylic acids is 1. The molecule has 2 heterocycles. The number of halogens is 1. The first kappa shape index (κ1) is 19.7. The highest BCUT2D eigenvalue weighted by atomic mass is 19.1. The van der Waals surface area contributed by atoms with Gasteiger partial charge in [-0.15, -0.1) is 0 Å². The van der Waals surface area contributed by atoms with Crippen LogP contribution < -0.4 is 14.8 Å². The van der Waals surface area contributed by atoms with E-state index in [1.807, 2.05) is 13.0 Å². The number of fused-ring (bicyclic) bond motifs is 1. The van der Waals surface area contributed by atoms with Crippen LogP contribution in [-0.4, -0.2) is 37.1 Å². The quantitative estimate of drug-likeness (QED) is 0.827. The van der Waals surface area contributed by atoms with Gasteiger partial charge in [-0.3, -0.25) is 9.69 Å². The van der Waals surface area contributed by atoms with Gasteiger partial charge in [-0.2, -0.15) is 0 Å². The summed E-state index contributed by atoms with van der Waals surface area (Å²) in [7, 11) is 0. The number of ether oxygens (including phenoxy) is 2. The Bertz CT molecular complexity index is 856. The summed E-state index contributed by atoms with van der Waals surface area (Å²) in [6.45, 7) is 4.47. The van der Waals surface area contributed by atoms with Crippen molar-refractivity contribution in [3.8, 4) is 11.5 Å². The fourth-order valence-corrected chi connectivity index (χ4v) is 4.09. The Morgan fingerprint density at radius 2 is 1.90 bits per heavy atom.